The fourth-order valence-corrected chi connectivity index (χ4v) is 3.65. The summed E-state index contributed by atoms with van der Waals surface area (Å²) in [6.45, 7) is 0. The van der Waals surface area contributed by atoms with Crippen LogP contribution in [0.15, 0.2) is 51.6 Å². The van der Waals surface area contributed by atoms with Gasteiger partial charge in [0.1, 0.15) is 5.69 Å². The van der Waals surface area contributed by atoms with E-state index in [9.17, 15) is 4.79 Å². The van der Waals surface area contributed by atoms with Crippen LogP contribution in [-0.4, -0.2) is 18.0 Å². The van der Waals surface area contributed by atoms with E-state index in [1.54, 1.807) is 13.2 Å². The highest BCUT2D eigenvalue weighted by Crippen LogP contribution is 2.34. The van der Waals surface area contributed by atoms with Crippen molar-refractivity contribution in [3.63, 3.8) is 0 Å². The molecule has 24 heavy (non-hydrogen) atoms. The molecule has 120 valence electrons. The van der Waals surface area contributed by atoms with Crippen LogP contribution in [0.2, 0.25) is 0 Å². The SMILES string of the molecule is COc1cccc2cc(-c3csc(NC(=O)c4cccs4)n3)oc12. The maximum absolute atomic E-state index is 12.1. The van der Waals surface area contributed by atoms with E-state index in [1.165, 1.54) is 22.7 Å². The van der Waals surface area contributed by atoms with Gasteiger partial charge in [0.25, 0.3) is 5.91 Å². The number of amides is 1. The normalized spacial score (nSPS) is 10.9. The van der Waals surface area contributed by atoms with Gasteiger partial charge in [-0.25, -0.2) is 4.98 Å². The van der Waals surface area contributed by atoms with Gasteiger partial charge >= 0.3 is 0 Å². The Labute approximate surface area is 145 Å². The van der Waals surface area contributed by atoms with E-state index in [1.807, 2.05) is 41.1 Å². The van der Waals surface area contributed by atoms with Crippen molar-refractivity contribution in [3.05, 3.63) is 52.0 Å². The minimum Gasteiger partial charge on any atom is -0.493 e. The summed E-state index contributed by atoms with van der Waals surface area (Å²) in [6.07, 6.45) is 0. The van der Waals surface area contributed by atoms with Crippen LogP contribution in [0.4, 0.5) is 5.13 Å². The average molecular weight is 356 g/mol. The number of fused-ring (bicyclic) bond motifs is 1. The van der Waals surface area contributed by atoms with Crippen LogP contribution in [0.1, 0.15) is 9.67 Å². The minimum atomic E-state index is -0.155. The number of carbonyl (C=O) groups is 1. The van der Waals surface area contributed by atoms with E-state index in [4.69, 9.17) is 9.15 Å². The predicted octanol–water partition coefficient (Wildman–Crippen LogP) is 4.88. The Kier molecular flexibility index (Phi) is 3.79. The van der Waals surface area contributed by atoms with Crippen molar-refractivity contribution in [2.24, 2.45) is 0 Å². The third-order valence-electron chi connectivity index (χ3n) is 3.45. The van der Waals surface area contributed by atoms with Crippen molar-refractivity contribution < 1.29 is 13.9 Å². The number of hydrogen-bond acceptors (Lipinski definition) is 6. The zero-order valence-corrected chi connectivity index (χ0v) is 14.2. The predicted molar refractivity (Wildman–Crippen MR) is 96.1 cm³/mol. The van der Waals surface area contributed by atoms with Gasteiger partial charge in [0.05, 0.1) is 12.0 Å². The Morgan fingerprint density at radius 1 is 1.25 bits per heavy atom. The van der Waals surface area contributed by atoms with Crippen molar-refractivity contribution >= 4 is 44.7 Å². The molecular formula is C17H12N2O3S2. The first-order valence-electron chi connectivity index (χ1n) is 7.12. The van der Waals surface area contributed by atoms with Gasteiger partial charge in [0.2, 0.25) is 0 Å². The highest BCUT2D eigenvalue weighted by atomic mass is 32.1. The number of carbonyl (C=O) groups excluding carboxylic acids is 1. The topological polar surface area (TPSA) is 64.4 Å². The summed E-state index contributed by atoms with van der Waals surface area (Å²) < 4.78 is 11.2. The van der Waals surface area contributed by atoms with Crippen molar-refractivity contribution in [1.29, 1.82) is 0 Å². The number of nitrogens with one attached hydrogen (secondary N) is 1. The lowest BCUT2D eigenvalue weighted by Crippen LogP contribution is -2.09. The number of methoxy groups -OCH3 is 1. The second-order valence-electron chi connectivity index (χ2n) is 4.96. The van der Waals surface area contributed by atoms with Gasteiger partial charge in [-0.2, -0.15) is 0 Å². The summed E-state index contributed by atoms with van der Waals surface area (Å²) in [4.78, 5) is 17.2. The van der Waals surface area contributed by atoms with Crippen molar-refractivity contribution in [3.8, 4) is 17.2 Å². The minimum absolute atomic E-state index is 0.155. The van der Waals surface area contributed by atoms with Crippen LogP contribution in [0.25, 0.3) is 22.4 Å². The van der Waals surface area contributed by atoms with E-state index in [2.05, 4.69) is 10.3 Å². The van der Waals surface area contributed by atoms with Crippen LogP contribution >= 0.6 is 22.7 Å². The largest absolute Gasteiger partial charge is 0.493 e. The summed E-state index contributed by atoms with van der Waals surface area (Å²) in [5.41, 5.74) is 1.37. The molecule has 1 amide bonds. The van der Waals surface area contributed by atoms with Gasteiger partial charge in [-0.15, -0.1) is 22.7 Å². The molecular weight excluding hydrogens is 344 g/mol. The first-order chi connectivity index (χ1) is 11.7. The standard InChI is InChI=1S/C17H12N2O3S2/c1-21-12-5-2-4-10-8-13(22-15(10)12)11-9-24-17(18-11)19-16(20)14-6-3-7-23-14/h2-9H,1H3,(H,18,19,20). The number of ether oxygens (including phenoxy) is 1. The fraction of sp³-hybridized carbons (Fsp3) is 0.0588. The molecule has 0 aliphatic rings. The number of rotatable bonds is 4. The van der Waals surface area contributed by atoms with Gasteiger partial charge in [0, 0.05) is 10.8 Å². The molecule has 1 N–H and O–H groups in total. The number of aromatic nitrogens is 1. The molecule has 0 unspecified atom stereocenters. The quantitative estimate of drug-likeness (QED) is 0.566. The number of thiophene rings is 1. The Morgan fingerprint density at radius 2 is 2.17 bits per heavy atom. The number of furan rings is 1. The lowest BCUT2D eigenvalue weighted by molar-refractivity contribution is 0.103. The summed E-state index contributed by atoms with van der Waals surface area (Å²) in [6, 6.07) is 11.3. The maximum Gasteiger partial charge on any atom is 0.267 e. The Bertz CT molecular complexity index is 1000. The van der Waals surface area contributed by atoms with Crippen molar-refractivity contribution in [1.82, 2.24) is 4.98 Å². The molecule has 1 aromatic carbocycles. The van der Waals surface area contributed by atoms with Gasteiger partial charge in [-0.05, 0) is 23.6 Å². The van der Waals surface area contributed by atoms with Crippen LogP contribution in [0, 0.1) is 0 Å². The number of nitrogens with zero attached hydrogens (tertiary/aromatic N) is 1. The molecule has 3 heterocycles. The zero-order valence-electron chi connectivity index (χ0n) is 12.6. The number of anilines is 1. The number of benzene rings is 1. The second-order valence-corrected chi connectivity index (χ2v) is 6.76. The Morgan fingerprint density at radius 3 is 2.96 bits per heavy atom. The molecule has 3 aromatic heterocycles. The zero-order chi connectivity index (χ0) is 16.5. The summed E-state index contributed by atoms with van der Waals surface area (Å²) >= 11 is 2.75. The van der Waals surface area contributed by atoms with Crippen molar-refractivity contribution in [2.75, 3.05) is 12.4 Å². The van der Waals surface area contributed by atoms with E-state index >= 15 is 0 Å². The lowest BCUT2D eigenvalue weighted by Gasteiger charge is -1.98. The van der Waals surface area contributed by atoms with Crippen LogP contribution in [0.3, 0.4) is 0 Å². The van der Waals surface area contributed by atoms with E-state index < -0.39 is 0 Å². The van der Waals surface area contributed by atoms with Gasteiger partial charge in [-0.1, -0.05) is 18.2 Å². The van der Waals surface area contributed by atoms with Crippen molar-refractivity contribution in [2.45, 2.75) is 0 Å². The maximum atomic E-state index is 12.1. The first kappa shape index (κ1) is 14.9. The Balaban J connectivity index is 1.62. The average Bonchev–Trinajstić information content (AvgIpc) is 3.33. The number of thiazole rings is 1. The molecule has 0 atom stereocenters. The summed E-state index contributed by atoms with van der Waals surface area (Å²) in [5, 5.41) is 8.01. The number of para-hydroxylation sites is 1. The molecule has 4 aromatic rings. The Hall–Kier alpha value is -2.64. The van der Waals surface area contributed by atoms with Crippen LogP contribution in [-0.2, 0) is 0 Å². The highest BCUT2D eigenvalue weighted by molar-refractivity contribution is 7.14. The van der Waals surface area contributed by atoms with Crippen LogP contribution in [0.5, 0.6) is 5.75 Å². The number of hydrogen-bond donors (Lipinski definition) is 1. The van der Waals surface area contributed by atoms with E-state index in [0.717, 1.165) is 5.39 Å². The molecule has 0 spiro atoms. The molecule has 0 saturated carbocycles. The third kappa shape index (κ3) is 2.68. The smallest absolute Gasteiger partial charge is 0.267 e. The monoisotopic (exact) mass is 356 g/mol. The third-order valence-corrected chi connectivity index (χ3v) is 5.08. The lowest BCUT2D eigenvalue weighted by atomic mass is 10.2. The molecule has 5 nitrogen and oxygen atoms in total. The molecule has 0 aliphatic carbocycles. The molecule has 0 radical (unpaired) electrons. The summed E-state index contributed by atoms with van der Waals surface area (Å²) in [5.74, 6) is 1.17. The second kappa shape index (κ2) is 6.10. The highest BCUT2D eigenvalue weighted by Gasteiger charge is 2.14. The summed E-state index contributed by atoms with van der Waals surface area (Å²) in [7, 11) is 1.61. The van der Waals surface area contributed by atoms with Crippen LogP contribution < -0.4 is 10.1 Å². The van der Waals surface area contributed by atoms with E-state index in [0.29, 0.717) is 32.8 Å². The molecule has 0 saturated heterocycles. The van der Waals surface area contributed by atoms with Gasteiger partial charge < -0.3 is 9.15 Å². The van der Waals surface area contributed by atoms with Gasteiger partial charge in [0.15, 0.2) is 22.2 Å². The first-order valence-corrected chi connectivity index (χ1v) is 8.88. The molecule has 0 aliphatic heterocycles. The molecule has 4 rings (SSSR count). The van der Waals surface area contributed by atoms with E-state index in [-0.39, 0.29) is 5.91 Å². The molecule has 0 bridgehead atoms. The van der Waals surface area contributed by atoms with Gasteiger partial charge in [-0.3, -0.25) is 10.1 Å². The fourth-order valence-electron chi connectivity index (χ4n) is 2.33. The molecule has 0 fully saturated rings. The molecule has 7 heteroatoms.